The van der Waals surface area contributed by atoms with Gasteiger partial charge in [0.1, 0.15) is 0 Å². The third-order valence-electron chi connectivity index (χ3n) is 2.82. The van der Waals surface area contributed by atoms with Crippen LogP contribution in [0.15, 0.2) is 0 Å². The van der Waals surface area contributed by atoms with Gasteiger partial charge in [0.05, 0.1) is 0 Å². The van der Waals surface area contributed by atoms with Gasteiger partial charge in [-0.2, -0.15) is 0 Å². The first-order valence-corrected chi connectivity index (χ1v) is 6.22. The van der Waals surface area contributed by atoms with E-state index in [1.54, 1.807) is 0 Å². The van der Waals surface area contributed by atoms with Crippen LogP contribution in [0.25, 0.3) is 0 Å². The van der Waals surface area contributed by atoms with Crippen LogP contribution in [0.4, 0.5) is 0 Å². The van der Waals surface area contributed by atoms with Crippen molar-refractivity contribution in [1.82, 2.24) is 0 Å². The number of rotatable bonds is 10. The maximum Gasteiger partial charge on any atom is 0.201 e. The molecule has 0 saturated heterocycles. The fourth-order valence-corrected chi connectivity index (χ4v) is 1.69. The Labute approximate surface area is 89.3 Å². The highest BCUT2D eigenvalue weighted by Crippen LogP contribution is 2.13. The molecule has 0 spiro atoms. The van der Waals surface area contributed by atoms with E-state index < -0.39 is 0 Å². The molecule has 0 amide bonds. The Hall–Kier alpha value is -0.330. The lowest BCUT2D eigenvalue weighted by atomic mass is 9.99. The molecule has 0 heterocycles. The minimum absolute atomic E-state index is 0.200. The van der Waals surface area contributed by atoms with E-state index in [1.807, 2.05) is 0 Å². The Bertz CT molecular complexity index is 120. The molecule has 1 nitrogen and oxygen atoms in total. The van der Waals surface area contributed by atoms with Gasteiger partial charge in [-0.1, -0.05) is 58.8 Å². The van der Waals surface area contributed by atoms with Crippen LogP contribution in [0.1, 0.15) is 71.6 Å². The van der Waals surface area contributed by atoms with Crippen LogP contribution in [-0.4, -0.2) is 6.29 Å². The Morgan fingerprint density at radius 3 is 2.00 bits per heavy atom. The third kappa shape index (κ3) is 8.28. The Kier molecular flexibility index (Phi) is 10.5. The maximum atomic E-state index is 10.4. The number of hydrogen-bond acceptors (Lipinski definition) is 1. The van der Waals surface area contributed by atoms with E-state index in [0.29, 0.717) is 0 Å². The Morgan fingerprint density at radius 1 is 0.929 bits per heavy atom. The van der Waals surface area contributed by atoms with Crippen LogP contribution in [0.5, 0.6) is 0 Å². The smallest absolute Gasteiger partial charge is 0.201 e. The quantitative estimate of drug-likeness (QED) is 0.478. The molecule has 1 radical (unpaired) electrons. The van der Waals surface area contributed by atoms with E-state index in [9.17, 15) is 4.79 Å². The highest BCUT2D eigenvalue weighted by atomic mass is 16.1. The molecule has 0 bridgehead atoms. The average molecular weight is 197 g/mol. The molecule has 0 aromatic heterocycles. The summed E-state index contributed by atoms with van der Waals surface area (Å²) in [7, 11) is 0. The predicted molar refractivity (Wildman–Crippen MR) is 62.1 cm³/mol. The highest BCUT2D eigenvalue weighted by Gasteiger charge is 2.03. The molecular formula is C13H25O. The molecule has 0 aliphatic carbocycles. The van der Waals surface area contributed by atoms with E-state index in [1.165, 1.54) is 44.9 Å². The zero-order valence-electron chi connectivity index (χ0n) is 9.85. The van der Waals surface area contributed by atoms with E-state index in [4.69, 9.17) is 0 Å². The summed E-state index contributed by atoms with van der Waals surface area (Å²) < 4.78 is 0. The molecule has 0 saturated carbocycles. The first-order chi connectivity index (χ1) is 6.85. The lowest BCUT2D eigenvalue weighted by molar-refractivity contribution is 0.478. The van der Waals surface area contributed by atoms with Gasteiger partial charge in [-0.05, 0) is 12.8 Å². The zero-order valence-corrected chi connectivity index (χ0v) is 9.85. The minimum atomic E-state index is 0.200. The second kappa shape index (κ2) is 10.7. The van der Waals surface area contributed by atoms with Gasteiger partial charge in [0, 0.05) is 5.92 Å². The molecule has 1 atom stereocenters. The van der Waals surface area contributed by atoms with Crippen LogP contribution in [0.2, 0.25) is 0 Å². The van der Waals surface area contributed by atoms with Gasteiger partial charge in [0.15, 0.2) is 0 Å². The summed E-state index contributed by atoms with van der Waals surface area (Å²) >= 11 is 0. The van der Waals surface area contributed by atoms with Gasteiger partial charge >= 0.3 is 0 Å². The molecule has 1 unspecified atom stereocenters. The lowest BCUT2D eigenvalue weighted by Gasteiger charge is -2.05. The summed E-state index contributed by atoms with van der Waals surface area (Å²) in [6.45, 7) is 4.31. The molecular weight excluding hydrogens is 172 g/mol. The molecule has 1 heteroatoms. The van der Waals surface area contributed by atoms with Crippen LogP contribution in [-0.2, 0) is 4.79 Å². The summed E-state index contributed by atoms with van der Waals surface area (Å²) in [4.78, 5) is 10.4. The SMILES string of the molecule is CCCCCCCCCC([C]=O)CC. The topological polar surface area (TPSA) is 17.1 Å². The van der Waals surface area contributed by atoms with Crippen molar-refractivity contribution in [3.8, 4) is 0 Å². The molecule has 0 aliphatic heterocycles. The van der Waals surface area contributed by atoms with E-state index in [0.717, 1.165) is 12.8 Å². The normalized spacial score (nSPS) is 12.7. The summed E-state index contributed by atoms with van der Waals surface area (Å²) in [6.07, 6.45) is 13.4. The molecule has 83 valence electrons. The molecule has 0 aromatic carbocycles. The third-order valence-corrected chi connectivity index (χ3v) is 2.82. The van der Waals surface area contributed by atoms with Crippen LogP contribution in [0, 0.1) is 5.92 Å². The van der Waals surface area contributed by atoms with E-state index in [-0.39, 0.29) is 5.92 Å². The Morgan fingerprint density at radius 2 is 1.50 bits per heavy atom. The number of unbranched alkanes of at least 4 members (excludes halogenated alkanes) is 6. The molecule has 0 aromatic rings. The zero-order chi connectivity index (χ0) is 10.6. The Balaban J connectivity index is 3.08. The van der Waals surface area contributed by atoms with Gasteiger partial charge in [-0.25, -0.2) is 0 Å². The summed E-state index contributed by atoms with van der Waals surface area (Å²) in [6, 6.07) is 0. The van der Waals surface area contributed by atoms with Crippen molar-refractivity contribution >= 4 is 6.29 Å². The minimum Gasteiger partial charge on any atom is -0.291 e. The van der Waals surface area contributed by atoms with Crippen molar-refractivity contribution < 1.29 is 4.79 Å². The largest absolute Gasteiger partial charge is 0.291 e. The summed E-state index contributed by atoms with van der Waals surface area (Å²) in [5.41, 5.74) is 0. The molecule has 0 rings (SSSR count). The number of hydrogen-bond donors (Lipinski definition) is 0. The molecule has 0 aliphatic rings. The monoisotopic (exact) mass is 197 g/mol. The van der Waals surface area contributed by atoms with Gasteiger partial charge < -0.3 is 0 Å². The second-order valence-corrected chi connectivity index (χ2v) is 4.13. The maximum absolute atomic E-state index is 10.4. The summed E-state index contributed by atoms with van der Waals surface area (Å²) in [5, 5.41) is 0. The van der Waals surface area contributed by atoms with Crippen LogP contribution in [0.3, 0.4) is 0 Å². The van der Waals surface area contributed by atoms with E-state index in [2.05, 4.69) is 20.1 Å². The predicted octanol–water partition coefficient (Wildman–Crippen LogP) is 4.26. The van der Waals surface area contributed by atoms with Crippen molar-refractivity contribution in [3.63, 3.8) is 0 Å². The van der Waals surface area contributed by atoms with Crippen molar-refractivity contribution in [1.29, 1.82) is 0 Å². The van der Waals surface area contributed by atoms with Gasteiger partial charge in [-0.15, -0.1) is 0 Å². The van der Waals surface area contributed by atoms with Gasteiger partial charge in [-0.3, -0.25) is 4.79 Å². The standard InChI is InChI=1S/C13H25O/c1-3-5-6-7-8-9-10-11-13(4-2)12-14/h13H,3-11H2,1-2H3. The number of carbonyl (C=O) groups excluding carboxylic acids is 1. The lowest BCUT2D eigenvalue weighted by Crippen LogP contribution is -1.99. The van der Waals surface area contributed by atoms with Crippen molar-refractivity contribution in [3.05, 3.63) is 0 Å². The summed E-state index contributed by atoms with van der Waals surface area (Å²) in [5.74, 6) is 0.200. The average Bonchev–Trinajstić information content (AvgIpc) is 2.22. The van der Waals surface area contributed by atoms with Crippen molar-refractivity contribution in [2.24, 2.45) is 5.92 Å². The molecule has 0 N–H and O–H groups in total. The van der Waals surface area contributed by atoms with Gasteiger partial charge in [0.25, 0.3) is 0 Å². The van der Waals surface area contributed by atoms with Gasteiger partial charge in [0.2, 0.25) is 6.29 Å². The van der Waals surface area contributed by atoms with Crippen molar-refractivity contribution in [2.45, 2.75) is 71.6 Å². The molecule has 14 heavy (non-hydrogen) atoms. The first kappa shape index (κ1) is 13.7. The van der Waals surface area contributed by atoms with Crippen LogP contribution >= 0.6 is 0 Å². The fraction of sp³-hybridized carbons (Fsp3) is 0.923. The first-order valence-electron chi connectivity index (χ1n) is 6.22. The van der Waals surface area contributed by atoms with E-state index >= 15 is 0 Å². The fourth-order valence-electron chi connectivity index (χ4n) is 1.69. The second-order valence-electron chi connectivity index (χ2n) is 4.13. The molecule has 0 fully saturated rings. The van der Waals surface area contributed by atoms with Crippen LogP contribution < -0.4 is 0 Å². The highest BCUT2D eigenvalue weighted by molar-refractivity contribution is 5.54. The van der Waals surface area contributed by atoms with Crippen molar-refractivity contribution in [2.75, 3.05) is 0 Å².